The first-order chi connectivity index (χ1) is 17.9. The molecule has 0 fully saturated rings. The van der Waals surface area contributed by atoms with Crippen molar-refractivity contribution in [3.8, 4) is 11.1 Å². The number of methoxy groups -OCH3 is 2. The van der Waals surface area contributed by atoms with Crippen LogP contribution in [0.4, 0.5) is 0 Å². The van der Waals surface area contributed by atoms with E-state index < -0.39 is 5.97 Å². The number of benzene rings is 4. The maximum Gasteiger partial charge on any atom is 0.338 e. The number of carbonyl (C=O) groups excluding carboxylic acids is 3. The highest BCUT2D eigenvalue weighted by Gasteiger charge is 2.18. The molecule has 0 N–H and O–H groups in total. The Kier molecular flexibility index (Phi) is 9.92. The van der Waals surface area contributed by atoms with Crippen LogP contribution in [-0.2, 0) is 14.8 Å². The van der Waals surface area contributed by atoms with E-state index in [1.54, 1.807) is 42.5 Å². The number of alkyl halides is 1. The quantitative estimate of drug-likeness (QED) is 0.144. The van der Waals surface area contributed by atoms with E-state index in [2.05, 4.69) is 15.9 Å². The molecule has 0 saturated heterocycles. The van der Waals surface area contributed by atoms with E-state index >= 15 is 0 Å². The van der Waals surface area contributed by atoms with Crippen LogP contribution in [-0.4, -0.2) is 31.9 Å². The molecule has 4 aromatic rings. The highest BCUT2D eigenvalue weighted by molar-refractivity contribution is 9.08. The van der Waals surface area contributed by atoms with E-state index in [1.807, 2.05) is 61.5 Å². The van der Waals surface area contributed by atoms with Gasteiger partial charge < -0.3 is 9.47 Å². The predicted octanol–water partition coefficient (Wildman–Crippen LogP) is 7.05. The van der Waals surface area contributed by atoms with E-state index in [0.717, 1.165) is 27.6 Å². The van der Waals surface area contributed by atoms with Crippen LogP contribution >= 0.6 is 15.9 Å². The van der Waals surface area contributed by atoms with Crippen LogP contribution in [0.3, 0.4) is 0 Å². The third-order valence-electron chi connectivity index (χ3n) is 5.72. The van der Waals surface area contributed by atoms with Gasteiger partial charge in [0.05, 0.1) is 25.3 Å². The van der Waals surface area contributed by atoms with Gasteiger partial charge in [0.15, 0.2) is 5.78 Å². The largest absolute Gasteiger partial charge is 0.465 e. The lowest BCUT2D eigenvalue weighted by atomic mass is 9.96. The van der Waals surface area contributed by atoms with Crippen molar-refractivity contribution >= 4 is 33.7 Å². The minimum atomic E-state index is -0.508. The first-order valence-corrected chi connectivity index (χ1v) is 12.6. The second-order valence-electron chi connectivity index (χ2n) is 8.05. The molecule has 0 atom stereocenters. The van der Waals surface area contributed by atoms with Gasteiger partial charge in [0.1, 0.15) is 0 Å². The fourth-order valence-electron chi connectivity index (χ4n) is 3.75. The van der Waals surface area contributed by atoms with E-state index in [4.69, 9.17) is 9.47 Å². The van der Waals surface area contributed by atoms with Gasteiger partial charge in [-0.05, 0) is 41.3 Å². The van der Waals surface area contributed by atoms with E-state index in [9.17, 15) is 14.4 Å². The molecule has 0 aromatic heterocycles. The summed E-state index contributed by atoms with van der Waals surface area (Å²) in [6.45, 7) is 2.03. The average Bonchev–Trinajstić information content (AvgIpc) is 2.96. The minimum Gasteiger partial charge on any atom is -0.465 e. The van der Waals surface area contributed by atoms with Gasteiger partial charge >= 0.3 is 11.9 Å². The zero-order valence-corrected chi connectivity index (χ0v) is 22.4. The Balaban J connectivity index is 0.000000208. The van der Waals surface area contributed by atoms with Gasteiger partial charge in [-0.25, -0.2) is 9.59 Å². The highest BCUT2D eigenvalue weighted by atomic mass is 79.9. The Morgan fingerprint density at radius 3 is 1.68 bits per heavy atom. The van der Waals surface area contributed by atoms with Crippen LogP contribution in [0.5, 0.6) is 0 Å². The summed E-state index contributed by atoms with van der Waals surface area (Å²) in [6, 6.07) is 29.4. The summed E-state index contributed by atoms with van der Waals surface area (Å²) in [5.41, 5.74) is 5.99. The number of aryl methyl sites for hydroxylation is 1. The molecule has 0 aliphatic rings. The number of ketones is 1. The summed E-state index contributed by atoms with van der Waals surface area (Å²) < 4.78 is 9.50. The Bertz CT molecular complexity index is 1390. The molecule has 0 heterocycles. The lowest BCUT2D eigenvalue weighted by Gasteiger charge is -2.10. The molecule has 0 spiro atoms. The standard InChI is InChI=1S/C16H13BrO3.C15H14O2/c1-20-16(19)14-5-3-2-4-13(14)15(18)12-8-6-11(10-17)7-9-12;1-11-7-3-4-8-12(11)13-9-5-6-10-14(13)15(16)17-2/h2-9H,10H2,1H3;3-10H,1-2H3. The van der Waals surface area contributed by atoms with Gasteiger partial charge in [0.25, 0.3) is 0 Å². The third kappa shape index (κ3) is 6.80. The summed E-state index contributed by atoms with van der Waals surface area (Å²) in [5.74, 6) is -0.998. The summed E-state index contributed by atoms with van der Waals surface area (Å²) in [7, 11) is 2.70. The number of carbonyl (C=O) groups is 3. The Morgan fingerprint density at radius 1 is 0.622 bits per heavy atom. The topological polar surface area (TPSA) is 69.7 Å². The third-order valence-corrected chi connectivity index (χ3v) is 6.36. The highest BCUT2D eigenvalue weighted by Crippen LogP contribution is 2.27. The zero-order valence-electron chi connectivity index (χ0n) is 20.9. The predicted molar refractivity (Wildman–Crippen MR) is 148 cm³/mol. The molecule has 0 saturated carbocycles. The van der Waals surface area contributed by atoms with Crippen molar-refractivity contribution in [2.75, 3.05) is 14.2 Å². The number of hydrogen-bond donors (Lipinski definition) is 0. The van der Waals surface area contributed by atoms with Crippen LogP contribution in [0.25, 0.3) is 11.1 Å². The van der Waals surface area contributed by atoms with Crippen LogP contribution in [0.15, 0.2) is 97.1 Å². The maximum absolute atomic E-state index is 12.5. The normalized spacial score (nSPS) is 10.1. The molecule has 4 rings (SSSR count). The number of hydrogen-bond acceptors (Lipinski definition) is 5. The molecule has 0 radical (unpaired) electrons. The molecule has 188 valence electrons. The van der Waals surface area contributed by atoms with E-state index in [-0.39, 0.29) is 17.3 Å². The van der Waals surface area contributed by atoms with Crippen molar-refractivity contribution in [1.29, 1.82) is 0 Å². The van der Waals surface area contributed by atoms with Crippen molar-refractivity contribution in [2.45, 2.75) is 12.3 Å². The molecule has 0 aliphatic heterocycles. The van der Waals surface area contributed by atoms with Gasteiger partial charge in [0.2, 0.25) is 0 Å². The second kappa shape index (κ2) is 13.3. The van der Waals surface area contributed by atoms with Crippen LogP contribution < -0.4 is 0 Å². The van der Waals surface area contributed by atoms with Crippen LogP contribution in [0.1, 0.15) is 47.8 Å². The monoisotopic (exact) mass is 558 g/mol. The molecule has 0 unspecified atom stereocenters. The van der Waals surface area contributed by atoms with E-state index in [0.29, 0.717) is 16.7 Å². The molecule has 0 aliphatic carbocycles. The zero-order chi connectivity index (χ0) is 26.8. The molecule has 6 heteroatoms. The van der Waals surface area contributed by atoms with Gasteiger partial charge in [-0.2, -0.15) is 0 Å². The fourth-order valence-corrected chi connectivity index (χ4v) is 4.12. The lowest BCUT2D eigenvalue weighted by Crippen LogP contribution is -2.11. The fraction of sp³-hybridized carbons (Fsp3) is 0.129. The van der Waals surface area contributed by atoms with Crippen molar-refractivity contribution in [2.24, 2.45) is 0 Å². The number of rotatable bonds is 6. The smallest absolute Gasteiger partial charge is 0.338 e. The van der Waals surface area contributed by atoms with Gasteiger partial charge in [-0.1, -0.05) is 101 Å². The molecule has 0 amide bonds. The average molecular weight is 559 g/mol. The summed E-state index contributed by atoms with van der Waals surface area (Å²) in [6.07, 6.45) is 0. The minimum absolute atomic E-state index is 0.188. The molecular weight excluding hydrogens is 532 g/mol. The van der Waals surface area contributed by atoms with Crippen LogP contribution in [0, 0.1) is 6.92 Å². The summed E-state index contributed by atoms with van der Waals surface area (Å²) >= 11 is 3.36. The van der Waals surface area contributed by atoms with E-state index in [1.165, 1.54) is 14.2 Å². The summed E-state index contributed by atoms with van der Waals surface area (Å²) in [4.78, 5) is 35.9. The maximum atomic E-state index is 12.5. The van der Waals surface area contributed by atoms with Crippen LogP contribution in [0.2, 0.25) is 0 Å². The van der Waals surface area contributed by atoms with Crippen molar-refractivity contribution in [1.82, 2.24) is 0 Å². The molecular formula is C31H27BrO5. The second-order valence-corrected chi connectivity index (χ2v) is 8.61. The number of ether oxygens (including phenoxy) is 2. The van der Waals surface area contributed by atoms with Crippen molar-refractivity contribution < 1.29 is 23.9 Å². The molecule has 0 bridgehead atoms. The van der Waals surface area contributed by atoms with Gasteiger partial charge in [0, 0.05) is 16.5 Å². The lowest BCUT2D eigenvalue weighted by molar-refractivity contribution is 0.0591. The number of esters is 2. The van der Waals surface area contributed by atoms with Crippen molar-refractivity contribution in [3.63, 3.8) is 0 Å². The Labute approximate surface area is 225 Å². The molecule has 5 nitrogen and oxygen atoms in total. The first-order valence-electron chi connectivity index (χ1n) is 11.5. The van der Waals surface area contributed by atoms with Gasteiger partial charge in [-0.3, -0.25) is 4.79 Å². The Hall–Kier alpha value is -4.03. The molecule has 37 heavy (non-hydrogen) atoms. The molecule has 4 aromatic carbocycles. The first kappa shape index (κ1) is 27.6. The van der Waals surface area contributed by atoms with Crippen molar-refractivity contribution in [3.05, 3.63) is 130 Å². The summed E-state index contributed by atoms with van der Waals surface area (Å²) in [5, 5.41) is 0.736. The SMILES string of the molecule is COC(=O)c1ccccc1-c1ccccc1C.COC(=O)c1ccccc1C(=O)c1ccc(CBr)cc1. The number of halogens is 1. The Morgan fingerprint density at radius 2 is 1.11 bits per heavy atom. The van der Waals surface area contributed by atoms with Gasteiger partial charge in [-0.15, -0.1) is 0 Å².